The van der Waals surface area contributed by atoms with Crippen molar-refractivity contribution in [1.82, 2.24) is 0 Å². The Balaban J connectivity index is 1.94. The molecule has 67 heavy (non-hydrogen) atoms. The fourth-order valence-corrected chi connectivity index (χ4v) is 10.1. The van der Waals surface area contributed by atoms with Crippen molar-refractivity contribution < 1.29 is 96.5 Å². The number of azo groups is 3. The van der Waals surface area contributed by atoms with E-state index >= 15 is 0 Å². The minimum Gasteiger partial charge on any atom is -0.497 e. The van der Waals surface area contributed by atoms with E-state index in [0.717, 1.165) is 42.5 Å². The Labute approximate surface area is 384 Å². The molecule has 0 bridgehead atoms. The number of methoxy groups -OCH3 is 1. The number of benzene rings is 4. The third-order valence-electron chi connectivity index (χ3n) is 8.04. The zero-order valence-corrected chi connectivity index (χ0v) is 39.1. The van der Waals surface area contributed by atoms with Crippen LogP contribution in [-0.2, 0) is 78.2 Å². The molecule has 0 aliphatic heterocycles. The number of ether oxygens (including phenoxy) is 1. The van der Waals surface area contributed by atoms with E-state index in [9.17, 15) is 64.2 Å². The molecule has 0 unspecified atom stereocenters. The highest BCUT2D eigenvalue weighted by Crippen LogP contribution is 2.48. The Morgan fingerprint density at radius 1 is 0.597 bits per heavy atom. The van der Waals surface area contributed by atoms with E-state index in [1.807, 2.05) is 0 Å². The molecule has 30 nitrogen and oxygen atoms in total. The summed E-state index contributed by atoms with van der Waals surface area (Å²) in [4.78, 5) is -4.51. The van der Waals surface area contributed by atoms with Gasteiger partial charge in [0.25, 0.3) is 30.4 Å². The number of nitrogen functional groups attached to an aromatic ring is 1. The maximum Gasteiger partial charge on any atom is 0.397 e. The molecule has 366 valence electrons. The minimum atomic E-state index is -5.35. The van der Waals surface area contributed by atoms with Crippen LogP contribution in [0, 0.1) is 0 Å². The normalized spacial score (nSPS) is 13.2. The Morgan fingerprint density at radius 3 is 1.51 bits per heavy atom. The lowest BCUT2D eigenvalue weighted by atomic mass is 10.1. The molecule has 0 heterocycles. The van der Waals surface area contributed by atoms with Gasteiger partial charge in [0.2, 0.25) is 0 Å². The molecule has 4 aromatic carbocycles. The summed E-state index contributed by atoms with van der Waals surface area (Å²) in [6, 6.07) is 8.42. The molecule has 0 radical (unpaired) electrons. The largest absolute Gasteiger partial charge is 0.497 e. The lowest BCUT2D eigenvalue weighted by Gasteiger charge is -2.13. The molecule has 0 saturated carbocycles. The molecule has 37 heteroatoms. The monoisotopic (exact) mass is 1080 g/mol. The average molecular weight is 1080 g/mol. The van der Waals surface area contributed by atoms with Crippen LogP contribution in [0.2, 0.25) is 0 Å². The van der Waals surface area contributed by atoms with Gasteiger partial charge < -0.3 is 15.8 Å². The fraction of sp³-hybridized carbons (Fsp3) is 0.200. The molecule has 0 fully saturated rings. The molecule has 8 N–H and O–H groups in total. The van der Waals surface area contributed by atoms with Gasteiger partial charge in [-0.25, -0.2) is 26.3 Å². The number of hydrogen-bond donors (Lipinski definition) is 7. The maximum atomic E-state index is 12.9. The number of anilines is 2. The van der Waals surface area contributed by atoms with Gasteiger partial charge in [0.1, 0.15) is 54.6 Å². The first kappa shape index (κ1) is 54.4. The molecule has 4 aromatic rings. The summed E-state index contributed by atoms with van der Waals surface area (Å²) in [6.45, 7) is -1.67. The summed E-state index contributed by atoms with van der Waals surface area (Å²) in [5, 5.41) is 37.4. The predicted molar refractivity (Wildman–Crippen MR) is 228 cm³/mol. The molecular formula is C30H32N8O22S7. The summed E-state index contributed by atoms with van der Waals surface area (Å²) in [7, 11) is -27.1. The first-order valence-electron chi connectivity index (χ1n) is 17.1. The van der Waals surface area contributed by atoms with Crippen LogP contribution < -0.4 is 15.8 Å². The van der Waals surface area contributed by atoms with Crippen molar-refractivity contribution in [3.8, 4) is 5.75 Å². The second-order valence-electron chi connectivity index (χ2n) is 12.3. The fourth-order valence-electron chi connectivity index (χ4n) is 5.05. The van der Waals surface area contributed by atoms with E-state index in [1.165, 1.54) is 20.2 Å². The van der Waals surface area contributed by atoms with Crippen molar-refractivity contribution >= 4 is 118 Å². The van der Waals surface area contributed by atoms with Crippen LogP contribution in [0.4, 0.5) is 45.5 Å². The zero-order valence-electron chi connectivity index (χ0n) is 33.4. The summed E-state index contributed by atoms with van der Waals surface area (Å²) in [5.74, 6) is -1.91. The highest BCUT2D eigenvalue weighted by atomic mass is 32.3. The minimum absolute atomic E-state index is 0.0289. The van der Waals surface area contributed by atoms with Gasteiger partial charge in [0.15, 0.2) is 32.0 Å². The van der Waals surface area contributed by atoms with Gasteiger partial charge in [-0.15, -0.1) is 35.0 Å². The third-order valence-corrected chi connectivity index (χ3v) is 14.9. The smallest absolute Gasteiger partial charge is 0.397 e. The topological polar surface area (TPSA) is 464 Å². The first-order chi connectivity index (χ1) is 31.0. The Hall–Kier alpha value is -5.23. The van der Waals surface area contributed by atoms with E-state index in [1.54, 1.807) is 0 Å². The van der Waals surface area contributed by atoms with Crippen molar-refractivity contribution in [3.63, 3.8) is 0 Å². The van der Waals surface area contributed by atoms with E-state index in [2.05, 4.69) is 49.6 Å². The third kappa shape index (κ3) is 14.9. The van der Waals surface area contributed by atoms with Gasteiger partial charge in [-0.2, -0.15) is 33.7 Å². The lowest BCUT2D eigenvalue weighted by molar-refractivity contribution is -0.434. The van der Waals surface area contributed by atoms with Crippen molar-refractivity contribution in [2.75, 3.05) is 49.9 Å². The summed E-state index contributed by atoms with van der Waals surface area (Å²) in [6.07, 6.45) is 0. The standard InChI is InChI=1S/C30H32N8O22S7/c1-32-29-24(37-34-21-7-4-18(14-26(21)65(47,48)49)62(40,41)11-9-57-61-60-59-39)16-23(36-33-20-6-3-17(56-2)13-25(20)64(44,45)46)28(31)30(29)38-35-22-8-5-19(15-27(22)66(50,51)52)63(42,43)12-10-58-67(53,54)55/h3-8,13-16,32,39H,9-12,31H2,1-2H3,(H,44,45,46)(H,47,48,49)(H,50,51,52)(H,53,54,55)/b36-33+,37-34+,38-35+. The number of rotatable bonds is 23. The van der Waals surface area contributed by atoms with E-state index in [0.29, 0.717) is 12.1 Å². The van der Waals surface area contributed by atoms with Crippen molar-refractivity contribution in [2.45, 2.75) is 24.5 Å². The van der Waals surface area contributed by atoms with Crippen LogP contribution in [0.15, 0.2) is 116 Å². The molecule has 0 aromatic heterocycles. The number of sulfone groups is 2. The van der Waals surface area contributed by atoms with E-state index in [4.69, 9.17) is 24.5 Å². The summed E-state index contributed by atoms with van der Waals surface area (Å²) in [5.41, 5.74) is 2.21. The number of nitrogens with zero attached hydrogens (tertiary/aromatic N) is 6. The highest BCUT2D eigenvalue weighted by Gasteiger charge is 2.26. The van der Waals surface area contributed by atoms with E-state index in [-0.39, 0.29) is 23.8 Å². The number of hydrogen-bond acceptors (Lipinski definition) is 27. The van der Waals surface area contributed by atoms with Gasteiger partial charge in [-0.3, -0.25) is 22.4 Å². The molecule has 0 aliphatic rings. The molecule has 0 spiro atoms. The van der Waals surface area contributed by atoms with Gasteiger partial charge in [-0.1, -0.05) is 5.04 Å². The summed E-state index contributed by atoms with van der Waals surface area (Å²) >= 11 is 0.0661. The lowest BCUT2D eigenvalue weighted by Crippen LogP contribution is -2.16. The number of nitrogens with two attached hydrogens (primary N) is 1. The predicted octanol–water partition coefficient (Wildman–Crippen LogP) is 4.67. The maximum absolute atomic E-state index is 12.9. The molecule has 4 rings (SSSR count). The van der Waals surface area contributed by atoms with Crippen LogP contribution in [-0.4, -0.2) is 113 Å². The molecule has 0 aliphatic carbocycles. The number of nitrogens with one attached hydrogen (secondary N) is 1. The second kappa shape index (κ2) is 21.8. The molecule has 0 saturated heterocycles. The van der Waals surface area contributed by atoms with Crippen LogP contribution in [0.3, 0.4) is 0 Å². The average Bonchev–Trinajstić information content (AvgIpc) is 3.23. The van der Waals surface area contributed by atoms with Crippen LogP contribution in [0.1, 0.15) is 0 Å². The van der Waals surface area contributed by atoms with Crippen molar-refractivity contribution in [3.05, 3.63) is 60.7 Å². The van der Waals surface area contributed by atoms with Crippen LogP contribution in [0.25, 0.3) is 0 Å². The molecular weight excluding hydrogens is 1050 g/mol. The summed E-state index contributed by atoms with van der Waals surface area (Å²) < 4.78 is 204. The van der Waals surface area contributed by atoms with Crippen LogP contribution >= 0.6 is 12.3 Å². The zero-order chi connectivity index (χ0) is 50.2. The van der Waals surface area contributed by atoms with Gasteiger partial charge in [0, 0.05) is 13.1 Å². The highest BCUT2D eigenvalue weighted by molar-refractivity contribution is 7.92. The van der Waals surface area contributed by atoms with Gasteiger partial charge in [-0.05, 0) is 54.6 Å². The Kier molecular flexibility index (Phi) is 17.7. The quantitative estimate of drug-likeness (QED) is 0.0101. The van der Waals surface area contributed by atoms with E-state index < -0.39 is 149 Å². The van der Waals surface area contributed by atoms with Crippen molar-refractivity contribution in [2.24, 2.45) is 30.7 Å². The molecule has 0 atom stereocenters. The SMILES string of the molecule is CNc1c(/N=N/c2ccc(S(=O)(=O)CCOSOOO)cc2S(=O)(=O)O)cc(/N=N/c2ccc(OC)cc2S(=O)(=O)O)c(N)c1/N=N/c1ccc(S(=O)(=O)CCOS(=O)(=O)O)cc1S(=O)(=O)O. The second-order valence-corrected chi connectivity index (χ2v) is 22.3. The van der Waals surface area contributed by atoms with Gasteiger partial charge >= 0.3 is 10.4 Å². The first-order valence-corrected chi connectivity index (χ1v) is 26.8. The Morgan fingerprint density at radius 2 is 1.04 bits per heavy atom. The molecule has 0 amide bonds. The Bertz CT molecular complexity index is 3320. The van der Waals surface area contributed by atoms with Gasteiger partial charge in [0.05, 0.1) is 53.0 Å². The van der Waals surface area contributed by atoms with Crippen molar-refractivity contribution in [1.29, 1.82) is 0 Å². The van der Waals surface area contributed by atoms with Crippen LogP contribution in [0.5, 0.6) is 5.75 Å².